The van der Waals surface area contributed by atoms with Crippen molar-refractivity contribution in [1.82, 2.24) is 0 Å². The van der Waals surface area contributed by atoms with E-state index < -0.39 is 9.84 Å². The monoisotopic (exact) mass is 194 g/mol. The Morgan fingerprint density at radius 2 is 1.82 bits per heavy atom. The molecule has 0 spiro atoms. The summed E-state index contributed by atoms with van der Waals surface area (Å²) in [6, 6.07) is 0. The first-order valence-electron chi connectivity index (χ1n) is 3.99. The van der Waals surface area contributed by atoms with E-state index in [1.165, 1.54) is 0 Å². The van der Waals surface area contributed by atoms with Gasteiger partial charge in [-0.1, -0.05) is 12.8 Å². The molecule has 0 unspecified atom stereocenters. The van der Waals surface area contributed by atoms with Crippen molar-refractivity contribution in [2.45, 2.75) is 30.9 Å². The fourth-order valence-electron chi connectivity index (χ4n) is 1.54. The first-order chi connectivity index (χ1) is 5.17. The highest BCUT2D eigenvalue weighted by molar-refractivity contribution is 7.93. The van der Waals surface area contributed by atoms with Gasteiger partial charge >= 0.3 is 0 Å². The number of rotatable bonds is 3. The van der Waals surface area contributed by atoms with Crippen LogP contribution in [0.25, 0.3) is 0 Å². The van der Waals surface area contributed by atoms with Crippen LogP contribution in [0.2, 0.25) is 0 Å². The molecule has 0 N–H and O–H groups in total. The minimum atomic E-state index is -2.79. The highest BCUT2D eigenvalue weighted by Crippen LogP contribution is 2.25. The fraction of sp³-hybridized carbons (Fsp3) is 1.00. The largest absolute Gasteiger partial charge is 0.229 e. The van der Waals surface area contributed by atoms with E-state index in [0.29, 0.717) is 5.75 Å². The third-order valence-corrected chi connectivity index (χ3v) is 4.97. The van der Waals surface area contributed by atoms with Crippen LogP contribution >= 0.6 is 12.6 Å². The van der Waals surface area contributed by atoms with E-state index in [9.17, 15) is 8.42 Å². The van der Waals surface area contributed by atoms with E-state index in [4.69, 9.17) is 0 Å². The molecular weight excluding hydrogens is 180 g/mol. The van der Waals surface area contributed by atoms with Gasteiger partial charge in [-0.15, -0.1) is 0 Å². The Morgan fingerprint density at radius 1 is 1.27 bits per heavy atom. The van der Waals surface area contributed by atoms with Gasteiger partial charge < -0.3 is 0 Å². The zero-order chi connectivity index (χ0) is 8.32. The van der Waals surface area contributed by atoms with Crippen LogP contribution in [0.4, 0.5) is 0 Å². The summed E-state index contributed by atoms with van der Waals surface area (Å²) in [7, 11) is -2.79. The van der Waals surface area contributed by atoms with Crippen molar-refractivity contribution < 1.29 is 8.42 Å². The van der Waals surface area contributed by atoms with Gasteiger partial charge in [0.15, 0.2) is 9.84 Å². The van der Waals surface area contributed by atoms with Gasteiger partial charge in [-0.2, -0.15) is 12.6 Å². The van der Waals surface area contributed by atoms with E-state index in [1.807, 2.05) is 0 Å². The van der Waals surface area contributed by atoms with E-state index >= 15 is 0 Å². The maximum Gasteiger partial charge on any atom is 0.153 e. The minimum Gasteiger partial charge on any atom is -0.229 e. The van der Waals surface area contributed by atoms with Crippen LogP contribution in [-0.4, -0.2) is 25.2 Å². The maximum absolute atomic E-state index is 11.4. The summed E-state index contributed by atoms with van der Waals surface area (Å²) < 4.78 is 22.8. The lowest BCUT2D eigenvalue weighted by Crippen LogP contribution is -2.21. The van der Waals surface area contributed by atoms with Crippen LogP contribution in [0, 0.1) is 0 Å². The highest BCUT2D eigenvalue weighted by Gasteiger charge is 2.27. The molecule has 66 valence electrons. The van der Waals surface area contributed by atoms with Gasteiger partial charge in [0.05, 0.1) is 11.0 Å². The smallest absolute Gasteiger partial charge is 0.153 e. The van der Waals surface area contributed by atoms with Crippen molar-refractivity contribution in [3.63, 3.8) is 0 Å². The molecule has 0 aromatic rings. The quantitative estimate of drug-likeness (QED) is 0.687. The van der Waals surface area contributed by atoms with Crippen molar-refractivity contribution in [2.24, 2.45) is 0 Å². The summed E-state index contributed by atoms with van der Waals surface area (Å²) in [6.07, 6.45) is 3.90. The molecule has 0 radical (unpaired) electrons. The van der Waals surface area contributed by atoms with Crippen LogP contribution in [0.15, 0.2) is 0 Å². The van der Waals surface area contributed by atoms with Crippen LogP contribution < -0.4 is 0 Å². The average Bonchev–Trinajstić information content (AvgIpc) is 2.37. The summed E-state index contributed by atoms with van der Waals surface area (Å²) in [5.41, 5.74) is 0. The predicted octanol–water partition coefficient (Wildman–Crippen LogP) is 1.27. The number of hydrogen-bond acceptors (Lipinski definition) is 3. The van der Waals surface area contributed by atoms with Gasteiger partial charge in [0.2, 0.25) is 0 Å². The maximum atomic E-state index is 11.4. The van der Waals surface area contributed by atoms with Crippen molar-refractivity contribution >= 4 is 22.5 Å². The first-order valence-corrected chi connectivity index (χ1v) is 6.34. The molecule has 0 aromatic carbocycles. The molecule has 0 bridgehead atoms. The lowest BCUT2D eigenvalue weighted by Gasteiger charge is -2.08. The summed E-state index contributed by atoms with van der Waals surface area (Å²) in [5.74, 6) is 0.708. The molecule has 0 heterocycles. The van der Waals surface area contributed by atoms with Gasteiger partial charge in [0, 0.05) is 5.75 Å². The number of sulfone groups is 1. The SMILES string of the molecule is O=S(=O)(CCS)C1CCCC1. The van der Waals surface area contributed by atoms with Gasteiger partial charge in [-0.25, -0.2) is 8.42 Å². The van der Waals surface area contributed by atoms with Gasteiger partial charge in [-0.3, -0.25) is 0 Å². The summed E-state index contributed by atoms with van der Waals surface area (Å²) >= 11 is 3.93. The molecule has 0 aliphatic heterocycles. The lowest BCUT2D eigenvalue weighted by molar-refractivity contribution is 0.581. The van der Waals surface area contributed by atoms with E-state index in [-0.39, 0.29) is 11.0 Å². The van der Waals surface area contributed by atoms with Crippen molar-refractivity contribution in [3.8, 4) is 0 Å². The zero-order valence-corrected chi connectivity index (χ0v) is 8.20. The van der Waals surface area contributed by atoms with Gasteiger partial charge in [-0.05, 0) is 12.8 Å². The Labute approximate surface area is 73.7 Å². The van der Waals surface area contributed by atoms with Gasteiger partial charge in [0.25, 0.3) is 0 Å². The van der Waals surface area contributed by atoms with Crippen molar-refractivity contribution in [2.75, 3.05) is 11.5 Å². The Kier molecular flexibility index (Phi) is 3.25. The van der Waals surface area contributed by atoms with Crippen molar-refractivity contribution in [1.29, 1.82) is 0 Å². The Morgan fingerprint density at radius 3 is 2.27 bits per heavy atom. The molecule has 1 saturated carbocycles. The summed E-state index contributed by atoms with van der Waals surface area (Å²) in [6.45, 7) is 0. The molecule has 11 heavy (non-hydrogen) atoms. The fourth-order valence-corrected chi connectivity index (χ4v) is 3.94. The molecule has 0 saturated heterocycles. The Bertz CT molecular complexity index is 202. The second-order valence-electron chi connectivity index (χ2n) is 3.00. The topological polar surface area (TPSA) is 34.1 Å². The van der Waals surface area contributed by atoms with Crippen LogP contribution in [0.1, 0.15) is 25.7 Å². The molecule has 1 aliphatic carbocycles. The Balaban J connectivity index is 2.56. The van der Waals surface area contributed by atoms with Crippen LogP contribution in [-0.2, 0) is 9.84 Å². The van der Waals surface area contributed by atoms with Crippen LogP contribution in [0.3, 0.4) is 0 Å². The molecule has 0 aromatic heterocycles. The van der Waals surface area contributed by atoms with E-state index in [1.54, 1.807) is 0 Å². The van der Waals surface area contributed by atoms with E-state index in [2.05, 4.69) is 12.6 Å². The molecule has 4 heteroatoms. The summed E-state index contributed by atoms with van der Waals surface area (Å²) in [4.78, 5) is 0. The molecule has 1 fully saturated rings. The van der Waals surface area contributed by atoms with E-state index in [0.717, 1.165) is 25.7 Å². The third kappa shape index (κ3) is 2.37. The molecular formula is C7H14O2S2. The van der Waals surface area contributed by atoms with Gasteiger partial charge in [0.1, 0.15) is 0 Å². The highest BCUT2D eigenvalue weighted by atomic mass is 32.2. The second kappa shape index (κ2) is 3.81. The third-order valence-electron chi connectivity index (χ3n) is 2.19. The molecule has 1 rings (SSSR count). The average molecular weight is 194 g/mol. The number of hydrogen-bond donors (Lipinski definition) is 1. The first kappa shape index (κ1) is 9.39. The second-order valence-corrected chi connectivity index (χ2v) is 5.84. The van der Waals surface area contributed by atoms with Crippen molar-refractivity contribution in [3.05, 3.63) is 0 Å². The molecule has 0 atom stereocenters. The zero-order valence-electron chi connectivity index (χ0n) is 6.49. The molecule has 2 nitrogen and oxygen atoms in total. The lowest BCUT2D eigenvalue weighted by atomic mass is 10.4. The number of thiol groups is 1. The minimum absolute atomic E-state index is 0.0466. The molecule has 0 amide bonds. The molecule has 1 aliphatic rings. The normalized spacial score (nSPS) is 20.8. The van der Waals surface area contributed by atoms with Crippen LogP contribution in [0.5, 0.6) is 0 Å². The predicted molar refractivity (Wildman–Crippen MR) is 49.9 cm³/mol. The Hall–Kier alpha value is 0.300. The summed E-state index contributed by atoms with van der Waals surface area (Å²) in [5, 5.41) is -0.0466. The standard InChI is InChI=1S/C7H14O2S2/c8-11(9,6-5-10)7-3-1-2-4-7/h7,10H,1-6H2.